The highest BCUT2D eigenvalue weighted by molar-refractivity contribution is 5.85. The molecule has 0 aliphatic heterocycles. The quantitative estimate of drug-likeness (QED) is 0.941. The van der Waals surface area contributed by atoms with Crippen molar-refractivity contribution in [2.45, 2.75) is 6.54 Å². The van der Waals surface area contributed by atoms with E-state index in [1.165, 1.54) is 19.2 Å². The fourth-order valence-corrected chi connectivity index (χ4v) is 1.65. The largest absolute Gasteiger partial charge is 0.478 e. The van der Waals surface area contributed by atoms with Crippen molar-refractivity contribution in [3.8, 4) is 5.88 Å². The molecule has 0 radical (unpaired) electrons. The molecular formula is C12H14ClF2N3O. The Morgan fingerprint density at radius 2 is 1.89 bits per heavy atom. The molecule has 0 saturated carbocycles. The molecule has 0 atom stereocenters. The molecule has 2 rings (SSSR count). The first-order chi connectivity index (χ1) is 8.58. The Balaban J connectivity index is 0.00000180. The summed E-state index contributed by atoms with van der Waals surface area (Å²) < 4.78 is 32.6. The summed E-state index contributed by atoms with van der Waals surface area (Å²) in [7, 11) is 3.27. The van der Waals surface area contributed by atoms with Crippen LogP contribution in [0.3, 0.4) is 0 Å². The van der Waals surface area contributed by atoms with Gasteiger partial charge in [0.1, 0.15) is 17.3 Å². The van der Waals surface area contributed by atoms with Gasteiger partial charge in [-0.2, -0.15) is 0 Å². The van der Waals surface area contributed by atoms with Gasteiger partial charge in [-0.05, 0) is 17.7 Å². The predicted octanol–water partition coefficient (Wildman–Crippen LogP) is 2.74. The van der Waals surface area contributed by atoms with Crippen LogP contribution in [0.25, 0.3) is 0 Å². The van der Waals surface area contributed by atoms with Crippen molar-refractivity contribution >= 4 is 18.1 Å². The van der Waals surface area contributed by atoms with Crippen LogP contribution in [0.5, 0.6) is 5.88 Å². The highest BCUT2D eigenvalue weighted by Gasteiger charge is 2.07. The Kier molecular flexibility index (Phi) is 5.11. The first kappa shape index (κ1) is 15.2. The lowest BCUT2D eigenvalue weighted by atomic mass is 10.2. The summed E-state index contributed by atoms with van der Waals surface area (Å²) in [6.07, 6.45) is 1.73. The number of hydrogen-bond donors (Lipinski definition) is 1. The third kappa shape index (κ3) is 3.82. The number of aromatic nitrogens is 2. The molecule has 1 N–H and O–H groups in total. The lowest BCUT2D eigenvalue weighted by molar-refractivity contribution is 0.393. The number of halogens is 3. The van der Waals surface area contributed by atoms with Crippen LogP contribution in [0.4, 0.5) is 14.5 Å². The second-order valence-electron chi connectivity index (χ2n) is 3.86. The Morgan fingerprint density at radius 1 is 1.26 bits per heavy atom. The molecule has 19 heavy (non-hydrogen) atoms. The zero-order valence-corrected chi connectivity index (χ0v) is 11.3. The van der Waals surface area contributed by atoms with Gasteiger partial charge < -0.3 is 10.1 Å². The maximum absolute atomic E-state index is 13.0. The van der Waals surface area contributed by atoms with Crippen molar-refractivity contribution in [2.24, 2.45) is 7.05 Å². The highest BCUT2D eigenvalue weighted by Crippen LogP contribution is 2.22. The molecule has 0 aliphatic rings. The Labute approximate surface area is 115 Å². The number of nitrogens with one attached hydrogen (secondary N) is 1. The van der Waals surface area contributed by atoms with Gasteiger partial charge in [0, 0.05) is 19.7 Å². The van der Waals surface area contributed by atoms with Crippen molar-refractivity contribution in [1.82, 2.24) is 9.78 Å². The molecule has 0 fully saturated rings. The first-order valence-corrected chi connectivity index (χ1v) is 5.35. The summed E-state index contributed by atoms with van der Waals surface area (Å²) in [5.74, 6) is -0.746. The molecule has 4 nitrogen and oxygen atoms in total. The van der Waals surface area contributed by atoms with Crippen LogP contribution in [0.2, 0.25) is 0 Å². The van der Waals surface area contributed by atoms with Crippen LogP contribution in [-0.2, 0) is 13.6 Å². The molecule has 104 valence electrons. The molecule has 7 heteroatoms. The second-order valence-corrected chi connectivity index (χ2v) is 3.86. The molecular weight excluding hydrogens is 276 g/mol. The second kappa shape index (κ2) is 6.38. The van der Waals surface area contributed by atoms with Crippen molar-refractivity contribution in [2.75, 3.05) is 12.4 Å². The van der Waals surface area contributed by atoms with Crippen LogP contribution in [0.15, 0.2) is 24.4 Å². The van der Waals surface area contributed by atoms with E-state index in [1.54, 1.807) is 17.9 Å². The number of anilines is 1. The number of ether oxygens (including phenoxy) is 1. The van der Waals surface area contributed by atoms with Gasteiger partial charge in [-0.3, -0.25) is 4.68 Å². The molecule has 2 aromatic rings. The maximum Gasteiger partial charge on any atom is 0.256 e. The van der Waals surface area contributed by atoms with Gasteiger partial charge in [0.15, 0.2) is 0 Å². The van der Waals surface area contributed by atoms with E-state index in [1.807, 2.05) is 0 Å². The average Bonchev–Trinajstić information content (AvgIpc) is 2.66. The number of hydrogen-bond acceptors (Lipinski definition) is 3. The van der Waals surface area contributed by atoms with Crippen LogP contribution in [-0.4, -0.2) is 16.9 Å². The summed E-state index contributed by atoms with van der Waals surface area (Å²) in [6.45, 7) is 0.288. The van der Waals surface area contributed by atoms with E-state index in [0.29, 0.717) is 17.1 Å². The molecule has 1 heterocycles. The lowest BCUT2D eigenvalue weighted by Crippen LogP contribution is -2.01. The van der Waals surface area contributed by atoms with E-state index in [9.17, 15) is 8.78 Å². The third-order valence-corrected chi connectivity index (χ3v) is 2.39. The Hall–Kier alpha value is -1.82. The fraction of sp³-hybridized carbons (Fsp3) is 0.250. The van der Waals surface area contributed by atoms with E-state index in [4.69, 9.17) is 4.74 Å². The third-order valence-electron chi connectivity index (χ3n) is 2.39. The number of aryl methyl sites for hydroxylation is 1. The molecule has 0 aliphatic carbocycles. The van der Waals surface area contributed by atoms with Gasteiger partial charge in [0.2, 0.25) is 0 Å². The number of benzene rings is 1. The standard InChI is InChI=1S/C12H13F2N3O.ClH/c1-17-7-11(12(16-17)18-2)15-6-8-3-9(13)5-10(14)4-8;/h3-5,7,15H,6H2,1-2H3;1H. The molecule has 0 spiro atoms. The molecule has 0 amide bonds. The van der Waals surface area contributed by atoms with E-state index in [0.717, 1.165) is 6.07 Å². The van der Waals surface area contributed by atoms with Crippen molar-refractivity contribution in [1.29, 1.82) is 0 Å². The smallest absolute Gasteiger partial charge is 0.256 e. The van der Waals surface area contributed by atoms with Crippen LogP contribution >= 0.6 is 12.4 Å². The van der Waals surface area contributed by atoms with Gasteiger partial charge in [0.05, 0.1) is 13.3 Å². The minimum Gasteiger partial charge on any atom is -0.478 e. The van der Waals surface area contributed by atoms with Gasteiger partial charge in [-0.25, -0.2) is 8.78 Å². The van der Waals surface area contributed by atoms with Crippen LogP contribution in [0.1, 0.15) is 5.56 Å². The number of methoxy groups -OCH3 is 1. The molecule has 1 aromatic heterocycles. The first-order valence-electron chi connectivity index (χ1n) is 5.35. The Bertz CT molecular complexity index is 540. The van der Waals surface area contributed by atoms with Crippen molar-refractivity contribution in [3.05, 3.63) is 41.6 Å². The van der Waals surface area contributed by atoms with E-state index < -0.39 is 11.6 Å². The number of nitrogens with zero attached hydrogens (tertiary/aromatic N) is 2. The van der Waals surface area contributed by atoms with E-state index in [2.05, 4.69) is 10.4 Å². The number of rotatable bonds is 4. The monoisotopic (exact) mass is 289 g/mol. The summed E-state index contributed by atoms with van der Waals surface area (Å²) >= 11 is 0. The van der Waals surface area contributed by atoms with Crippen LogP contribution in [0, 0.1) is 11.6 Å². The maximum atomic E-state index is 13.0. The predicted molar refractivity (Wildman–Crippen MR) is 70.7 cm³/mol. The van der Waals surface area contributed by atoms with Gasteiger partial charge >= 0.3 is 0 Å². The highest BCUT2D eigenvalue weighted by atomic mass is 35.5. The molecule has 0 bridgehead atoms. The van der Waals surface area contributed by atoms with Crippen molar-refractivity contribution < 1.29 is 13.5 Å². The average molecular weight is 290 g/mol. The summed E-state index contributed by atoms with van der Waals surface area (Å²) in [5.41, 5.74) is 1.18. The van der Waals surface area contributed by atoms with Gasteiger partial charge in [-0.15, -0.1) is 17.5 Å². The minimum atomic E-state index is -0.593. The Morgan fingerprint density at radius 3 is 2.47 bits per heavy atom. The zero-order chi connectivity index (χ0) is 13.1. The van der Waals surface area contributed by atoms with Gasteiger partial charge in [-0.1, -0.05) is 0 Å². The topological polar surface area (TPSA) is 39.1 Å². The van der Waals surface area contributed by atoms with Gasteiger partial charge in [0.25, 0.3) is 5.88 Å². The molecule has 0 unspecified atom stereocenters. The molecule has 1 aromatic carbocycles. The minimum absolute atomic E-state index is 0. The molecule has 0 saturated heterocycles. The van der Waals surface area contributed by atoms with Crippen molar-refractivity contribution in [3.63, 3.8) is 0 Å². The summed E-state index contributed by atoms with van der Waals surface area (Å²) in [4.78, 5) is 0. The summed E-state index contributed by atoms with van der Waals surface area (Å²) in [5, 5.41) is 7.07. The van der Waals surface area contributed by atoms with E-state index >= 15 is 0 Å². The lowest BCUT2D eigenvalue weighted by Gasteiger charge is -2.06. The van der Waals surface area contributed by atoms with E-state index in [-0.39, 0.29) is 19.0 Å². The normalized spacial score (nSPS) is 9.89. The zero-order valence-electron chi connectivity index (χ0n) is 10.5. The summed E-state index contributed by atoms with van der Waals surface area (Å²) in [6, 6.07) is 3.39. The fourth-order valence-electron chi connectivity index (χ4n) is 1.65. The van der Waals surface area contributed by atoms with Crippen LogP contribution < -0.4 is 10.1 Å². The SMILES string of the molecule is COc1nn(C)cc1NCc1cc(F)cc(F)c1.Cl.